The van der Waals surface area contributed by atoms with Gasteiger partial charge in [-0.15, -0.1) is 11.8 Å². The van der Waals surface area contributed by atoms with E-state index in [0.717, 1.165) is 22.6 Å². The van der Waals surface area contributed by atoms with Crippen LogP contribution in [0, 0.1) is 31.1 Å². The Balaban J connectivity index is 2.57. The van der Waals surface area contributed by atoms with E-state index in [9.17, 15) is 10.1 Å². The lowest BCUT2D eigenvalue weighted by molar-refractivity contribution is 0.744. The molecule has 0 N–H and O–H groups in total. The maximum absolute atomic E-state index is 13.0. The van der Waals surface area contributed by atoms with Crippen molar-refractivity contribution in [2.24, 2.45) is 10.9 Å². The first-order valence-electron chi connectivity index (χ1n) is 8.86. The van der Waals surface area contributed by atoms with E-state index < -0.39 is 0 Å². The van der Waals surface area contributed by atoms with Crippen LogP contribution in [0.25, 0.3) is 11.3 Å². The number of rotatable bonds is 7. The number of aliphatic imine (C=N–C) groups is 1. The Labute approximate surface area is 165 Å². The van der Waals surface area contributed by atoms with Crippen LogP contribution in [0.5, 0.6) is 0 Å². The third-order valence-electron chi connectivity index (χ3n) is 4.10. The second-order valence-electron chi connectivity index (χ2n) is 6.95. The molecule has 1 aromatic carbocycles. The van der Waals surface area contributed by atoms with Crippen LogP contribution in [-0.2, 0) is 6.54 Å². The lowest BCUT2D eigenvalue weighted by atomic mass is 10.0. The van der Waals surface area contributed by atoms with E-state index in [1.807, 2.05) is 48.7 Å². The Bertz CT molecular complexity index is 964. The van der Waals surface area contributed by atoms with Crippen LogP contribution in [0.3, 0.4) is 0 Å². The van der Waals surface area contributed by atoms with E-state index in [0.29, 0.717) is 17.2 Å². The summed E-state index contributed by atoms with van der Waals surface area (Å²) < 4.78 is 1.62. The predicted molar refractivity (Wildman–Crippen MR) is 115 cm³/mol. The van der Waals surface area contributed by atoms with Crippen molar-refractivity contribution in [2.75, 3.05) is 5.75 Å². The van der Waals surface area contributed by atoms with Crippen LogP contribution in [0.2, 0.25) is 0 Å². The lowest BCUT2D eigenvalue weighted by Gasteiger charge is -2.16. The van der Waals surface area contributed by atoms with Crippen molar-refractivity contribution in [1.29, 1.82) is 5.26 Å². The van der Waals surface area contributed by atoms with Gasteiger partial charge in [-0.25, -0.2) is 0 Å². The van der Waals surface area contributed by atoms with Gasteiger partial charge in [-0.05, 0) is 60.9 Å². The number of hydrogen-bond acceptors (Lipinski definition) is 4. The molecule has 0 atom stereocenters. The number of nitrogens with zero attached hydrogens (tertiary/aromatic N) is 3. The highest BCUT2D eigenvalue weighted by Gasteiger charge is 2.15. The minimum absolute atomic E-state index is 0.171. The average Bonchev–Trinajstić information content (AvgIpc) is 2.62. The number of hydrogen-bond donors (Lipinski definition) is 0. The topological polar surface area (TPSA) is 58.1 Å². The smallest absolute Gasteiger partial charge is 0.269 e. The van der Waals surface area contributed by atoms with Crippen LogP contribution in [-0.4, -0.2) is 17.0 Å². The molecule has 4 nitrogen and oxygen atoms in total. The molecule has 0 amide bonds. The molecule has 140 valence electrons. The second-order valence-corrected chi connectivity index (χ2v) is 7.86. The van der Waals surface area contributed by atoms with Gasteiger partial charge < -0.3 is 4.57 Å². The van der Waals surface area contributed by atoms with E-state index in [1.165, 1.54) is 0 Å². The van der Waals surface area contributed by atoms with Crippen LogP contribution in [0.15, 0.2) is 51.2 Å². The van der Waals surface area contributed by atoms with Crippen molar-refractivity contribution in [2.45, 2.75) is 34.2 Å². The Hall–Kier alpha value is -2.58. The standard InChI is InChI=1S/C22H25N3OS/c1-15(2)13-27-14-19(24-5)12-25-21(18-8-6-7-16(3)9-18)10-17(4)20(11-23)22(25)26/h6-10,14-15H,5,12-13H2,1-4H3/b19-14-. The van der Waals surface area contributed by atoms with Gasteiger partial charge in [0.05, 0.1) is 17.9 Å². The highest BCUT2D eigenvalue weighted by Crippen LogP contribution is 2.23. The van der Waals surface area contributed by atoms with Crippen LogP contribution in [0.1, 0.15) is 30.5 Å². The molecule has 0 radical (unpaired) electrons. The van der Waals surface area contributed by atoms with Crippen molar-refractivity contribution < 1.29 is 0 Å². The molecule has 27 heavy (non-hydrogen) atoms. The molecule has 0 saturated carbocycles. The predicted octanol–water partition coefficient (Wildman–Crippen LogP) is 4.94. The van der Waals surface area contributed by atoms with Gasteiger partial charge >= 0.3 is 0 Å². The molecular weight excluding hydrogens is 354 g/mol. The van der Waals surface area contributed by atoms with E-state index in [2.05, 4.69) is 25.6 Å². The SMILES string of the molecule is C=N/C(=C\SCC(C)C)Cn1c(-c2cccc(C)c2)cc(C)c(C#N)c1=O. The zero-order chi connectivity index (χ0) is 20.0. The van der Waals surface area contributed by atoms with Gasteiger partial charge in [-0.2, -0.15) is 5.26 Å². The van der Waals surface area contributed by atoms with Gasteiger partial charge in [0, 0.05) is 0 Å². The summed E-state index contributed by atoms with van der Waals surface area (Å²) in [6, 6.07) is 11.9. The number of allylic oxidation sites excluding steroid dienone is 1. The van der Waals surface area contributed by atoms with E-state index >= 15 is 0 Å². The Kier molecular flexibility index (Phi) is 7.20. The molecule has 0 aliphatic heterocycles. The average molecular weight is 380 g/mol. The van der Waals surface area contributed by atoms with Crippen molar-refractivity contribution in [1.82, 2.24) is 4.57 Å². The fraction of sp³-hybridized carbons (Fsp3) is 0.318. The number of thioether (sulfide) groups is 1. The minimum atomic E-state index is -0.294. The van der Waals surface area contributed by atoms with Gasteiger partial charge in [-0.1, -0.05) is 37.6 Å². The quantitative estimate of drug-likeness (QED) is 0.641. The molecule has 0 aliphatic rings. The Morgan fingerprint density at radius 3 is 2.70 bits per heavy atom. The molecule has 0 bridgehead atoms. The Morgan fingerprint density at radius 1 is 1.37 bits per heavy atom. The molecule has 2 rings (SSSR count). The first-order valence-corrected chi connectivity index (χ1v) is 9.91. The minimum Gasteiger partial charge on any atom is -0.301 e. The molecule has 0 fully saturated rings. The highest BCUT2D eigenvalue weighted by atomic mass is 32.2. The van der Waals surface area contributed by atoms with Gasteiger partial charge in [-0.3, -0.25) is 9.79 Å². The molecular formula is C22H25N3OS. The molecule has 1 aromatic heterocycles. The van der Waals surface area contributed by atoms with Gasteiger partial charge in [0.2, 0.25) is 0 Å². The summed E-state index contributed by atoms with van der Waals surface area (Å²) in [6.45, 7) is 12.1. The molecule has 0 saturated heterocycles. The number of benzene rings is 1. The zero-order valence-electron chi connectivity index (χ0n) is 16.3. The second kappa shape index (κ2) is 9.38. The first-order chi connectivity index (χ1) is 12.9. The van der Waals surface area contributed by atoms with Gasteiger partial charge in [0.1, 0.15) is 11.6 Å². The molecule has 5 heteroatoms. The summed E-state index contributed by atoms with van der Waals surface area (Å²) in [7, 11) is 0. The van der Waals surface area contributed by atoms with Gasteiger partial charge in [0.15, 0.2) is 0 Å². The molecule has 1 heterocycles. The van der Waals surface area contributed by atoms with Crippen molar-refractivity contribution in [3.05, 3.63) is 68.5 Å². The summed E-state index contributed by atoms with van der Waals surface area (Å²) in [5, 5.41) is 11.4. The number of aryl methyl sites for hydroxylation is 2. The van der Waals surface area contributed by atoms with Crippen molar-refractivity contribution in [3.63, 3.8) is 0 Å². The number of pyridine rings is 1. The van der Waals surface area contributed by atoms with E-state index in [-0.39, 0.29) is 17.7 Å². The van der Waals surface area contributed by atoms with Crippen LogP contribution in [0.4, 0.5) is 0 Å². The summed E-state index contributed by atoms with van der Waals surface area (Å²) in [6.07, 6.45) is 0. The molecule has 0 spiro atoms. The fourth-order valence-electron chi connectivity index (χ4n) is 2.73. The molecule has 0 unspecified atom stereocenters. The van der Waals surface area contributed by atoms with Crippen molar-refractivity contribution in [3.8, 4) is 17.3 Å². The summed E-state index contributed by atoms with van der Waals surface area (Å²) in [5.41, 5.74) is 4.10. The van der Waals surface area contributed by atoms with Gasteiger partial charge in [0.25, 0.3) is 5.56 Å². The normalized spacial score (nSPS) is 11.5. The first kappa shape index (κ1) is 20.7. The summed E-state index contributed by atoms with van der Waals surface area (Å²) >= 11 is 1.66. The van der Waals surface area contributed by atoms with Crippen LogP contribution < -0.4 is 5.56 Å². The van der Waals surface area contributed by atoms with E-state index in [4.69, 9.17) is 0 Å². The molecule has 2 aromatic rings. The highest BCUT2D eigenvalue weighted by molar-refractivity contribution is 8.02. The van der Waals surface area contributed by atoms with E-state index in [1.54, 1.807) is 23.3 Å². The fourth-order valence-corrected chi connectivity index (χ4v) is 3.55. The maximum Gasteiger partial charge on any atom is 0.269 e. The third-order valence-corrected chi connectivity index (χ3v) is 5.39. The van der Waals surface area contributed by atoms with Crippen LogP contribution >= 0.6 is 11.8 Å². The monoisotopic (exact) mass is 379 g/mol. The number of aromatic nitrogens is 1. The maximum atomic E-state index is 13.0. The summed E-state index contributed by atoms with van der Waals surface area (Å²) in [5.74, 6) is 1.53. The Morgan fingerprint density at radius 2 is 2.11 bits per heavy atom. The third kappa shape index (κ3) is 5.21. The molecule has 0 aliphatic carbocycles. The zero-order valence-corrected chi connectivity index (χ0v) is 17.1. The number of nitriles is 1. The summed E-state index contributed by atoms with van der Waals surface area (Å²) in [4.78, 5) is 17.1. The van der Waals surface area contributed by atoms with Crippen molar-refractivity contribution >= 4 is 18.5 Å². The largest absolute Gasteiger partial charge is 0.301 e. The lowest BCUT2D eigenvalue weighted by Crippen LogP contribution is -2.26.